The number of piperidine rings is 1. The van der Waals surface area contributed by atoms with Gasteiger partial charge in [0.1, 0.15) is 5.60 Å². The van der Waals surface area contributed by atoms with Crippen LogP contribution < -0.4 is 4.90 Å². The van der Waals surface area contributed by atoms with Gasteiger partial charge in [-0.3, -0.25) is 0 Å². The number of quaternary nitrogens is 1. The minimum atomic E-state index is -1.20. The van der Waals surface area contributed by atoms with Gasteiger partial charge in [0.2, 0.25) is 0 Å². The van der Waals surface area contributed by atoms with Crippen LogP contribution in [0.2, 0.25) is 0 Å². The van der Waals surface area contributed by atoms with Crippen molar-refractivity contribution in [1.82, 2.24) is 0 Å². The van der Waals surface area contributed by atoms with Crippen LogP contribution in [0.1, 0.15) is 37.8 Å². The van der Waals surface area contributed by atoms with Crippen LogP contribution in [0.3, 0.4) is 0 Å². The van der Waals surface area contributed by atoms with Gasteiger partial charge in [0.25, 0.3) is 0 Å². The highest BCUT2D eigenvalue weighted by Gasteiger charge is 2.49. The number of hydrogen-bond acceptors (Lipinski definition) is 2. The molecule has 0 saturated carbocycles. The highest BCUT2D eigenvalue weighted by atomic mass is 16.3. The van der Waals surface area contributed by atoms with E-state index in [4.69, 9.17) is 0 Å². The molecule has 3 N–H and O–H groups in total. The molecule has 134 valence electrons. The van der Waals surface area contributed by atoms with Crippen molar-refractivity contribution >= 4 is 0 Å². The molecule has 1 fully saturated rings. The Morgan fingerprint density at radius 2 is 1.48 bits per heavy atom. The standard InChI is InChI=1S/C22H29NO2/c1-17-15-23(3)18(2)14-21(17,24)16-22(25,19-10-6-4-7-11-19)20-12-8-5-9-13-20/h4-13,17-18,24-25H,14-16H2,1-3H3/p+1/t17-,18-,21+/m1/s1. The van der Waals surface area contributed by atoms with Crippen molar-refractivity contribution in [2.45, 2.75) is 43.9 Å². The first-order valence-electron chi connectivity index (χ1n) is 9.23. The van der Waals surface area contributed by atoms with E-state index in [1.807, 2.05) is 60.7 Å². The van der Waals surface area contributed by atoms with Crippen molar-refractivity contribution in [3.8, 4) is 0 Å². The van der Waals surface area contributed by atoms with Gasteiger partial charge in [0, 0.05) is 18.8 Å². The molecule has 0 radical (unpaired) electrons. The predicted molar refractivity (Wildman–Crippen MR) is 100 cm³/mol. The number of aliphatic hydroxyl groups is 2. The van der Waals surface area contributed by atoms with Gasteiger partial charge < -0.3 is 15.1 Å². The Labute approximate surface area is 150 Å². The second-order valence-corrected chi connectivity index (χ2v) is 7.93. The van der Waals surface area contributed by atoms with Crippen molar-refractivity contribution in [3.63, 3.8) is 0 Å². The third-order valence-electron chi connectivity index (χ3n) is 6.11. The zero-order valence-corrected chi connectivity index (χ0v) is 15.4. The number of benzene rings is 2. The lowest BCUT2D eigenvalue weighted by atomic mass is 9.69. The van der Waals surface area contributed by atoms with Crippen molar-refractivity contribution in [2.75, 3.05) is 13.6 Å². The van der Waals surface area contributed by atoms with Gasteiger partial charge in [-0.1, -0.05) is 67.6 Å². The van der Waals surface area contributed by atoms with E-state index >= 15 is 0 Å². The second kappa shape index (κ2) is 6.91. The Kier molecular flexibility index (Phi) is 5.01. The van der Waals surface area contributed by atoms with E-state index in [2.05, 4.69) is 20.9 Å². The molecule has 1 heterocycles. The number of likely N-dealkylation sites (tertiary alicyclic amines) is 1. The van der Waals surface area contributed by atoms with E-state index in [0.717, 1.165) is 17.7 Å². The first kappa shape index (κ1) is 18.1. The first-order valence-corrected chi connectivity index (χ1v) is 9.23. The zero-order chi connectivity index (χ0) is 18.1. The fourth-order valence-electron chi connectivity index (χ4n) is 4.27. The van der Waals surface area contributed by atoms with Crippen LogP contribution in [-0.4, -0.2) is 35.4 Å². The Balaban J connectivity index is 2.02. The summed E-state index contributed by atoms with van der Waals surface area (Å²) in [6, 6.07) is 19.8. The zero-order valence-electron chi connectivity index (χ0n) is 15.4. The van der Waals surface area contributed by atoms with Gasteiger partial charge in [-0.05, 0) is 18.1 Å². The molecule has 0 amide bonds. The van der Waals surface area contributed by atoms with Gasteiger partial charge in [0.05, 0.1) is 25.2 Å². The van der Waals surface area contributed by atoms with E-state index in [0.29, 0.717) is 18.9 Å². The molecule has 0 aromatic heterocycles. The summed E-state index contributed by atoms with van der Waals surface area (Å²) >= 11 is 0. The second-order valence-electron chi connectivity index (χ2n) is 7.93. The van der Waals surface area contributed by atoms with Crippen molar-refractivity contribution in [1.29, 1.82) is 0 Å². The Bertz CT molecular complexity index is 648. The molecule has 0 spiro atoms. The van der Waals surface area contributed by atoms with E-state index in [-0.39, 0.29) is 5.92 Å². The molecule has 25 heavy (non-hydrogen) atoms. The van der Waals surface area contributed by atoms with Crippen LogP contribution in [0, 0.1) is 5.92 Å². The lowest BCUT2D eigenvalue weighted by Gasteiger charge is -2.47. The van der Waals surface area contributed by atoms with Gasteiger partial charge in [0.15, 0.2) is 0 Å². The largest absolute Gasteiger partial charge is 0.389 e. The normalized spacial score (nSPS) is 30.2. The van der Waals surface area contributed by atoms with Gasteiger partial charge in [-0.25, -0.2) is 0 Å². The fourth-order valence-corrected chi connectivity index (χ4v) is 4.27. The molecule has 4 atom stereocenters. The molecular formula is C22H30NO2+. The highest BCUT2D eigenvalue weighted by molar-refractivity contribution is 5.36. The molecular weight excluding hydrogens is 310 g/mol. The first-order chi connectivity index (χ1) is 11.8. The molecule has 0 bridgehead atoms. The smallest absolute Gasteiger partial charge is 0.117 e. The summed E-state index contributed by atoms with van der Waals surface area (Å²) in [6.07, 6.45) is 1.01. The lowest BCUT2D eigenvalue weighted by Crippen LogP contribution is -3.15. The maximum Gasteiger partial charge on any atom is 0.117 e. The highest BCUT2D eigenvalue weighted by Crippen LogP contribution is 2.41. The molecule has 3 heteroatoms. The van der Waals surface area contributed by atoms with Crippen LogP contribution in [-0.2, 0) is 5.60 Å². The lowest BCUT2D eigenvalue weighted by molar-refractivity contribution is -0.916. The molecule has 2 aromatic rings. The van der Waals surface area contributed by atoms with Gasteiger partial charge in [-0.2, -0.15) is 0 Å². The summed E-state index contributed by atoms with van der Waals surface area (Å²) < 4.78 is 0. The maximum absolute atomic E-state index is 11.8. The summed E-state index contributed by atoms with van der Waals surface area (Å²) in [5.74, 6) is 0.127. The topological polar surface area (TPSA) is 44.9 Å². The van der Waals surface area contributed by atoms with Crippen LogP contribution in [0.25, 0.3) is 0 Å². The molecule has 1 saturated heterocycles. The summed E-state index contributed by atoms with van der Waals surface area (Å²) in [5, 5.41) is 23.3. The molecule has 2 aromatic carbocycles. The Hall–Kier alpha value is -1.68. The molecule has 1 aliphatic rings. The third-order valence-corrected chi connectivity index (χ3v) is 6.11. The average molecular weight is 340 g/mol. The molecule has 1 unspecified atom stereocenters. The minimum absolute atomic E-state index is 0.127. The molecule has 3 nitrogen and oxygen atoms in total. The maximum atomic E-state index is 11.8. The predicted octanol–water partition coefficient (Wildman–Crippen LogP) is 1.99. The van der Waals surface area contributed by atoms with E-state index < -0.39 is 11.2 Å². The average Bonchev–Trinajstić information content (AvgIpc) is 2.61. The van der Waals surface area contributed by atoms with Gasteiger partial charge in [-0.15, -0.1) is 0 Å². The fraction of sp³-hybridized carbons (Fsp3) is 0.455. The van der Waals surface area contributed by atoms with Crippen LogP contribution in [0.15, 0.2) is 60.7 Å². The van der Waals surface area contributed by atoms with Crippen molar-refractivity contribution in [2.24, 2.45) is 5.92 Å². The van der Waals surface area contributed by atoms with Crippen LogP contribution >= 0.6 is 0 Å². The minimum Gasteiger partial charge on any atom is -0.389 e. The monoisotopic (exact) mass is 340 g/mol. The summed E-state index contributed by atoms with van der Waals surface area (Å²) in [7, 11) is 2.18. The van der Waals surface area contributed by atoms with Crippen molar-refractivity contribution < 1.29 is 15.1 Å². The van der Waals surface area contributed by atoms with Crippen LogP contribution in [0.4, 0.5) is 0 Å². The summed E-state index contributed by atoms with van der Waals surface area (Å²) in [4.78, 5) is 1.44. The Morgan fingerprint density at radius 3 is 1.96 bits per heavy atom. The SMILES string of the molecule is C[C@@H]1C[C@](O)(CC(O)(c2ccccc2)c2ccccc2)[C@H](C)C[NH+]1C. The van der Waals surface area contributed by atoms with Crippen LogP contribution in [0.5, 0.6) is 0 Å². The molecule has 3 rings (SSSR count). The van der Waals surface area contributed by atoms with E-state index in [1.165, 1.54) is 4.90 Å². The number of rotatable bonds is 4. The Morgan fingerprint density at radius 1 is 1.00 bits per heavy atom. The summed E-state index contributed by atoms with van der Waals surface area (Å²) in [5.41, 5.74) is -0.419. The molecule has 1 aliphatic heterocycles. The van der Waals surface area contributed by atoms with Crippen molar-refractivity contribution in [3.05, 3.63) is 71.8 Å². The van der Waals surface area contributed by atoms with E-state index in [9.17, 15) is 10.2 Å². The quantitative estimate of drug-likeness (QED) is 0.797. The summed E-state index contributed by atoms with van der Waals surface area (Å²) in [6.45, 7) is 5.19. The number of hydrogen-bond donors (Lipinski definition) is 3. The third kappa shape index (κ3) is 3.50. The van der Waals surface area contributed by atoms with E-state index in [1.54, 1.807) is 0 Å². The van der Waals surface area contributed by atoms with Gasteiger partial charge >= 0.3 is 0 Å². The number of nitrogens with one attached hydrogen (secondary N) is 1. The molecule has 0 aliphatic carbocycles.